The number of piperazine rings is 1. The molecule has 0 bridgehead atoms. The molecule has 4 nitrogen and oxygen atoms in total. The van der Waals surface area contributed by atoms with Crippen molar-refractivity contribution in [3.63, 3.8) is 0 Å². The molecular weight excluding hydrogens is 388 g/mol. The molecule has 1 heterocycles. The second-order valence-corrected chi connectivity index (χ2v) is 6.92. The summed E-state index contributed by atoms with van der Waals surface area (Å²) in [5, 5.41) is 0. The molecule has 6 heteroatoms. The van der Waals surface area contributed by atoms with E-state index < -0.39 is 0 Å². The predicted molar refractivity (Wildman–Crippen MR) is 99.6 cm³/mol. The highest BCUT2D eigenvalue weighted by Crippen LogP contribution is 2.20. The number of rotatable bonds is 2. The molecule has 1 aliphatic heterocycles. The van der Waals surface area contributed by atoms with Crippen LogP contribution in [0.15, 0.2) is 57.9 Å². The Balaban J connectivity index is 1.66. The van der Waals surface area contributed by atoms with Crippen LogP contribution in [0.25, 0.3) is 0 Å². The molecule has 2 aromatic carbocycles. The van der Waals surface area contributed by atoms with E-state index in [0.29, 0.717) is 42.2 Å². The molecule has 0 N–H and O–H groups in total. The van der Waals surface area contributed by atoms with Crippen molar-refractivity contribution in [3.8, 4) is 0 Å². The number of halogens is 1. The van der Waals surface area contributed by atoms with Gasteiger partial charge in [-0.15, -0.1) is 12.6 Å². The zero-order chi connectivity index (χ0) is 17.1. The maximum atomic E-state index is 12.6. The van der Waals surface area contributed by atoms with Crippen molar-refractivity contribution in [2.24, 2.45) is 0 Å². The van der Waals surface area contributed by atoms with Crippen molar-refractivity contribution >= 4 is 40.4 Å². The summed E-state index contributed by atoms with van der Waals surface area (Å²) in [4.78, 5) is 29.4. The van der Waals surface area contributed by atoms with Crippen LogP contribution in [-0.2, 0) is 0 Å². The lowest BCUT2D eigenvalue weighted by atomic mass is 10.1. The maximum absolute atomic E-state index is 12.6. The average molecular weight is 405 g/mol. The molecule has 0 aliphatic carbocycles. The predicted octanol–water partition coefficient (Wildman–Crippen LogP) is 3.34. The van der Waals surface area contributed by atoms with Crippen molar-refractivity contribution in [2.45, 2.75) is 4.90 Å². The number of benzene rings is 2. The number of hydrogen-bond acceptors (Lipinski definition) is 3. The molecule has 1 fully saturated rings. The SMILES string of the molecule is O=C(c1ccccc1S)N1CCN(C(=O)c2ccccc2Br)CC1. The summed E-state index contributed by atoms with van der Waals surface area (Å²) in [6.07, 6.45) is 0. The molecule has 24 heavy (non-hydrogen) atoms. The first-order valence-corrected chi connectivity index (χ1v) is 8.93. The summed E-state index contributed by atoms with van der Waals surface area (Å²) in [5.74, 6) is -0.0437. The summed E-state index contributed by atoms with van der Waals surface area (Å²) in [7, 11) is 0. The minimum Gasteiger partial charge on any atom is -0.335 e. The van der Waals surface area contributed by atoms with Gasteiger partial charge in [-0.3, -0.25) is 9.59 Å². The summed E-state index contributed by atoms with van der Waals surface area (Å²) in [6.45, 7) is 2.11. The van der Waals surface area contributed by atoms with E-state index in [2.05, 4.69) is 28.6 Å². The van der Waals surface area contributed by atoms with E-state index in [0.717, 1.165) is 4.47 Å². The van der Waals surface area contributed by atoms with E-state index in [4.69, 9.17) is 0 Å². The highest BCUT2D eigenvalue weighted by atomic mass is 79.9. The zero-order valence-electron chi connectivity index (χ0n) is 13.0. The van der Waals surface area contributed by atoms with Gasteiger partial charge in [0.05, 0.1) is 11.1 Å². The molecule has 2 amide bonds. The third kappa shape index (κ3) is 3.49. The first-order chi connectivity index (χ1) is 11.6. The van der Waals surface area contributed by atoms with Crippen LogP contribution in [-0.4, -0.2) is 47.8 Å². The van der Waals surface area contributed by atoms with Gasteiger partial charge in [-0.2, -0.15) is 0 Å². The topological polar surface area (TPSA) is 40.6 Å². The van der Waals surface area contributed by atoms with Gasteiger partial charge in [-0.1, -0.05) is 24.3 Å². The molecule has 0 atom stereocenters. The Morgan fingerprint density at radius 2 is 1.25 bits per heavy atom. The molecule has 0 aromatic heterocycles. The van der Waals surface area contributed by atoms with Crippen LogP contribution < -0.4 is 0 Å². The van der Waals surface area contributed by atoms with Gasteiger partial charge in [0.15, 0.2) is 0 Å². The van der Waals surface area contributed by atoms with Gasteiger partial charge in [0.2, 0.25) is 0 Å². The number of nitrogens with zero attached hydrogens (tertiary/aromatic N) is 2. The minimum absolute atomic E-state index is 0.0100. The van der Waals surface area contributed by atoms with E-state index in [-0.39, 0.29) is 11.8 Å². The third-order valence-electron chi connectivity index (χ3n) is 4.09. The third-order valence-corrected chi connectivity index (χ3v) is 5.17. The second-order valence-electron chi connectivity index (χ2n) is 5.58. The van der Waals surface area contributed by atoms with Gasteiger partial charge in [-0.25, -0.2) is 0 Å². The van der Waals surface area contributed by atoms with Gasteiger partial charge >= 0.3 is 0 Å². The second kappa shape index (κ2) is 7.40. The van der Waals surface area contributed by atoms with Crippen LogP contribution in [0, 0.1) is 0 Å². The summed E-state index contributed by atoms with van der Waals surface area (Å²) in [5.41, 5.74) is 1.25. The van der Waals surface area contributed by atoms with E-state index in [1.54, 1.807) is 21.9 Å². The van der Waals surface area contributed by atoms with Crippen molar-refractivity contribution < 1.29 is 9.59 Å². The van der Waals surface area contributed by atoms with Gasteiger partial charge in [-0.05, 0) is 40.2 Å². The monoisotopic (exact) mass is 404 g/mol. The number of carbonyl (C=O) groups is 2. The molecule has 1 aliphatic rings. The van der Waals surface area contributed by atoms with E-state index in [1.165, 1.54) is 0 Å². The van der Waals surface area contributed by atoms with Crippen molar-refractivity contribution in [2.75, 3.05) is 26.2 Å². The van der Waals surface area contributed by atoms with Crippen molar-refractivity contribution in [1.82, 2.24) is 9.80 Å². The van der Waals surface area contributed by atoms with Crippen LogP contribution in [0.2, 0.25) is 0 Å². The summed E-state index contributed by atoms with van der Waals surface area (Å²) < 4.78 is 0.789. The van der Waals surface area contributed by atoms with Gasteiger partial charge in [0.1, 0.15) is 0 Å². The van der Waals surface area contributed by atoms with E-state index in [1.807, 2.05) is 36.4 Å². The van der Waals surface area contributed by atoms with E-state index >= 15 is 0 Å². The van der Waals surface area contributed by atoms with Gasteiger partial charge in [0, 0.05) is 35.5 Å². The summed E-state index contributed by atoms with van der Waals surface area (Å²) >= 11 is 7.77. The number of thiol groups is 1. The quantitative estimate of drug-likeness (QED) is 0.779. The maximum Gasteiger partial charge on any atom is 0.255 e. The fourth-order valence-electron chi connectivity index (χ4n) is 2.74. The van der Waals surface area contributed by atoms with Gasteiger partial charge < -0.3 is 9.80 Å². The standard InChI is InChI=1S/C18H17BrN2O2S/c19-15-7-3-1-5-13(15)17(22)20-9-11-21(12-10-20)18(23)14-6-2-4-8-16(14)24/h1-8,24H,9-12H2. The minimum atomic E-state index is -0.0337. The van der Waals surface area contributed by atoms with Crippen LogP contribution >= 0.6 is 28.6 Å². The Morgan fingerprint density at radius 1 is 0.792 bits per heavy atom. The van der Waals surface area contributed by atoms with E-state index in [9.17, 15) is 9.59 Å². The van der Waals surface area contributed by atoms with Crippen molar-refractivity contribution in [3.05, 3.63) is 64.1 Å². The van der Waals surface area contributed by atoms with Crippen LogP contribution in [0.4, 0.5) is 0 Å². The lowest BCUT2D eigenvalue weighted by molar-refractivity contribution is 0.0533. The molecule has 124 valence electrons. The number of amides is 2. The van der Waals surface area contributed by atoms with Crippen LogP contribution in [0.1, 0.15) is 20.7 Å². The molecule has 0 spiro atoms. The Labute approximate surface area is 155 Å². The number of hydrogen-bond donors (Lipinski definition) is 1. The molecule has 0 saturated carbocycles. The molecule has 0 radical (unpaired) electrons. The fraction of sp³-hybridized carbons (Fsp3) is 0.222. The first kappa shape index (κ1) is 17.0. The Kier molecular flexibility index (Phi) is 5.26. The molecule has 0 unspecified atom stereocenters. The molecule has 3 rings (SSSR count). The Morgan fingerprint density at radius 3 is 1.79 bits per heavy atom. The molecule has 1 saturated heterocycles. The fourth-order valence-corrected chi connectivity index (χ4v) is 3.45. The Bertz CT molecular complexity index is 708. The smallest absolute Gasteiger partial charge is 0.255 e. The number of carbonyl (C=O) groups excluding carboxylic acids is 2. The summed E-state index contributed by atoms with van der Waals surface area (Å²) in [6, 6.07) is 14.7. The van der Waals surface area contributed by atoms with Crippen molar-refractivity contribution in [1.29, 1.82) is 0 Å². The first-order valence-electron chi connectivity index (χ1n) is 7.69. The zero-order valence-corrected chi connectivity index (χ0v) is 15.5. The van der Waals surface area contributed by atoms with Crippen LogP contribution in [0.3, 0.4) is 0 Å². The molecular formula is C18H17BrN2O2S. The lowest BCUT2D eigenvalue weighted by Crippen LogP contribution is -2.50. The highest BCUT2D eigenvalue weighted by molar-refractivity contribution is 9.10. The normalized spacial score (nSPS) is 14.6. The molecule has 2 aromatic rings. The van der Waals surface area contributed by atoms with Gasteiger partial charge in [0.25, 0.3) is 11.8 Å². The highest BCUT2D eigenvalue weighted by Gasteiger charge is 2.26. The largest absolute Gasteiger partial charge is 0.335 e. The lowest BCUT2D eigenvalue weighted by Gasteiger charge is -2.35. The Hall–Kier alpha value is -1.79. The van der Waals surface area contributed by atoms with Crippen LogP contribution in [0.5, 0.6) is 0 Å². The average Bonchev–Trinajstić information content (AvgIpc) is 2.61.